The van der Waals surface area contributed by atoms with Crippen LogP contribution in [0.3, 0.4) is 0 Å². The van der Waals surface area contributed by atoms with Gasteiger partial charge in [0.15, 0.2) is 0 Å². The summed E-state index contributed by atoms with van der Waals surface area (Å²) in [5, 5.41) is 0. The molecule has 4 saturated carbocycles. The Hall–Kier alpha value is -0.280. The van der Waals surface area contributed by atoms with Crippen molar-refractivity contribution in [3.05, 3.63) is 0 Å². The Labute approximate surface area is 122 Å². The Morgan fingerprint density at radius 3 is 2.00 bits per heavy atom. The lowest BCUT2D eigenvalue weighted by Crippen LogP contribution is -3.06. The fourth-order valence-electron chi connectivity index (χ4n) is 4.86. The van der Waals surface area contributed by atoms with Crippen LogP contribution in [-0.4, -0.2) is 33.2 Å². The van der Waals surface area contributed by atoms with E-state index in [1.165, 1.54) is 24.2 Å². The standard InChI is InChI=1S/C15H25NO2.ClH/c1-16(2)3-4-18-14(17)15-8-11-5-12(9-15)7-13(6-11)10-15;/h11-13H,3-10H2,1-2H3;1H. The number of likely N-dealkylation sites (N-methyl/N-ethyl adjacent to an activating group) is 1. The van der Waals surface area contributed by atoms with Crippen LogP contribution in [0.4, 0.5) is 0 Å². The molecule has 0 unspecified atom stereocenters. The van der Waals surface area contributed by atoms with Gasteiger partial charge in [-0.05, 0) is 56.3 Å². The first-order chi connectivity index (χ1) is 8.57. The summed E-state index contributed by atoms with van der Waals surface area (Å²) < 4.78 is 5.58. The Kier molecular flexibility index (Phi) is 4.46. The molecule has 4 bridgehead atoms. The SMILES string of the molecule is C[NH+](C)CCOC(=O)C12CC3CC(CC(C3)C1)C2.[Cl-]. The first-order valence-corrected chi connectivity index (χ1v) is 7.54. The number of quaternary nitrogens is 1. The van der Waals surface area contributed by atoms with Crippen molar-refractivity contribution in [2.45, 2.75) is 38.5 Å². The Morgan fingerprint density at radius 2 is 1.58 bits per heavy atom. The second-order valence-corrected chi connectivity index (χ2v) is 7.29. The fourth-order valence-corrected chi connectivity index (χ4v) is 4.86. The molecule has 0 radical (unpaired) electrons. The molecular weight excluding hydrogens is 262 g/mol. The molecule has 0 amide bonds. The topological polar surface area (TPSA) is 30.7 Å². The van der Waals surface area contributed by atoms with Crippen molar-refractivity contribution in [3.8, 4) is 0 Å². The smallest absolute Gasteiger partial charge is 0.312 e. The summed E-state index contributed by atoms with van der Waals surface area (Å²) in [6.45, 7) is 1.50. The van der Waals surface area contributed by atoms with E-state index in [0.717, 1.165) is 43.6 Å². The van der Waals surface area contributed by atoms with Gasteiger partial charge in [-0.3, -0.25) is 4.79 Å². The monoisotopic (exact) mass is 287 g/mol. The van der Waals surface area contributed by atoms with Crippen molar-refractivity contribution in [2.75, 3.05) is 27.2 Å². The summed E-state index contributed by atoms with van der Waals surface area (Å²) in [6, 6.07) is 0. The van der Waals surface area contributed by atoms with E-state index >= 15 is 0 Å². The number of nitrogens with one attached hydrogen (secondary N) is 1. The van der Waals surface area contributed by atoms with Crippen LogP contribution in [0.25, 0.3) is 0 Å². The van der Waals surface area contributed by atoms with Crippen LogP contribution in [0, 0.1) is 23.2 Å². The molecule has 3 nitrogen and oxygen atoms in total. The first kappa shape index (κ1) is 15.1. The maximum Gasteiger partial charge on any atom is 0.312 e. The molecule has 4 aliphatic carbocycles. The fraction of sp³-hybridized carbons (Fsp3) is 0.933. The summed E-state index contributed by atoms with van der Waals surface area (Å²) in [4.78, 5) is 13.8. The van der Waals surface area contributed by atoms with Gasteiger partial charge in [-0.25, -0.2) is 0 Å². The Morgan fingerprint density at radius 1 is 1.11 bits per heavy atom. The number of carbonyl (C=O) groups is 1. The molecule has 0 aromatic carbocycles. The van der Waals surface area contributed by atoms with E-state index in [4.69, 9.17) is 4.74 Å². The molecule has 4 fully saturated rings. The molecule has 110 valence electrons. The van der Waals surface area contributed by atoms with Crippen LogP contribution in [0.2, 0.25) is 0 Å². The number of hydrogen-bond acceptors (Lipinski definition) is 2. The van der Waals surface area contributed by atoms with E-state index in [0.29, 0.717) is 6.61 Å². The van der Waals surface area contributed by atoms with Crippen molar-refractivity contribution in [3.63, 3.8) is 0 Å². The third-order valence-electron chi connectivity index (χ3n) is 5.31. The van der Waals surface area contributed by atoms with Crippen LogP contribution < -0.4 is 17.3 Å². The third-order valence-corrected chi connectivity index (χ3v) is 5.31. The zero-order chi connectivity index (χ0) is 12.8. The van der Waals surface area contributed by atoms with E-state index in [2.05, 4.69) is 14.1 Å². The van der Waals surface area contributed by atoms with Gasteiger partial charge in [-0.2, -0.15) is 0 Å². The normalized spacial score (nSPS) is 39.2. The number of ether oxygens (including phenoxy) is 1. The van der Waals surface area contributed by atoms with Crippen molar-refractivity contribution in [1.29, 1.82) is 0 Å². The van der Waals surface area contributed by atoms with E-state index in [9.17, 15) is 4.79 Å². The number of halogens is 1. The maximum absolute atomic E-state index is 12.4. The van der Waals surface area contributed by atoms with E-state index < -0.39 is 0 Å². The van der Waals surface area contributed by atoms with Gasteiger partial charge in [0.25, 0.3) is 0 Å². The van der Waals surface area contributed by atoms with Gasteiger partial charge >= 0.3 is 5.97 Å². The minimum Gasteiger partial charge on any atom is -1.00 e. The van der Waals surface area contributed by atoms with Crippen molar-refractivity contribution in [1.82, 2.24) is 0 Å². The van der Waals surface area contributed by atoms with Crippen LogP contribution in [0.5, 0.6) is 0 Å². The second kappa shape index (κ2) is 5.61. The van der Waals surface area contributed by atoms with Gasteiger partial charge in [0, 0.05) is 0 Å². The van der Waals surface area contributed by atoms with Gasteiger partial charge < -0.3 is 22.0 Å². The lowest BCUT2D eigenvalue weighted by atomic mass is 9.49. The van der Waals surface area contributed by atoms with Crippen LogP contribution >= 0.6 is 0 Å². The van der Waals surface area contributed by atoms with Gasteiger partial charge in [0.05, 0.1) is 19.5 Å². The summed E-state index contributed by atoms with van der Waals surface area (Å²) in [7, 11) is 4.19. The number of esters is 1. The molecule has 0 heterocycles. The van der Waals surface area contributed by atoms with Crippen molar-refractivity contribution < 1.29 is 26.8 Å². The highest BCUT2D eigenvalue weighted by Crippen LogP contribution is 2.60. The summed E-state index contributed by atoms with van der Waals surface area (Å²) in [5.41, 5.74) is -0.0730. The zero-order valence-electron chi connectivity index (χ0n) is 12.1. The maximum atomic E-state index is 12.4. The Balaban J connectivity index is 0.00000133. The highest BCUT2D eigenvalue weighted by Gasteiger charge is 2.55. The third kappa shape index (κ3) is 2.92. The lowest BCUT2D eigenvalue weighted by molar-refractivity contribution is -0.858. The molecule has 19 heavy (non-hydrogen) atoms. The number of rotatable bonds is 4. The lowest BCUT2D eigenvalue weighted by Gasteiger charge is -2.55. The quantitative estimate of drug-likeness (QED) is 0.601. The van der Waals surface area contributed by atoms with Gasteiger partial charge in [0.2, 0.25) is 0 Å². The van der Waals surface area contributed by atoms with Gasteiger partial charge in [0.1, 0.15) is 13.2 Å². The zero-order valence-corrected chi connectivity index (χ0v) is 12.8. The minimum absolute atomic E-state index is 0. The van der Waals surface area contributed by atoms with E-state index in [-0.39, 0.29) is 23.8 Å². The highest BCUT2D eigenvalue weighted by atomic mass is 35.5. The molecule has 4 heteroatoms. The molecule has 0 atom stereocenters. The van der Waals surface area contributed by atoms with Gasteiger partial charge in [-0.1, -0.05) is 0 Å². The first-order valence-electron chi connectivity index (χ1n) is 7.54. The second-order valence-electron chi connectivity index (χ2n) is 7.29. The minimum atomic E-state index is -0.0730. The molecule has 4 rings (SSSR count). The van der Waals surface area contributed by atoms with E-state index in [1.54, 1.807) is 0 Å². The van der Waals surface area contributed by atoms with Crippen LogP contribution in [0.15, 0.2) is 0 Å². The van der Waals surface area contributed by atoms with Gasteiger partial charge in [-0.15, -0.1) is 0 Å². The van der Waals surface area contributed by atoms with Crippen LogP contribution in [-0.2, 0) is 9.53 Å². The largest absolute Gasteiger partial charge is 1.00 e. The molecule has 1 N–H and O–H groups in total. The average molecular weight is 288 g/mol. The predicted octanol–water partition coefficient (Wildman–Crippen LogP) is -2.11. The molecular formula is C15H26ClNO2. The van der Waals surface area contributed by atoms with Crippen LogP contribution in [0.1, 0.15) is 38.5 Å². The molecule has 0 aromatic rings. The summed E-state index contributed by atoms with van der Waals surface area (Å²) >= 11 is 0. The molecule has 0 spiro atoms. The Bertz CT molecular complexity index is 308. The molecule has 4 aliphatic rings. The predicted molar refractivity (Wildman–Crippen MR) is 69.2 cm³/mol. The van der Waals surface area contributed by atoms with Crippen molar-refractivity contribution >= 4 is 5.97 Å². The average Bonchev–Trinajstić information content (AvgIpc) is 2.26. The highest BCUT2D eigenvalue weighted by molar-refractivity contribution is 5.77. The van der Waals surface area contributed by atoms with E-state index in [1.807, 2.05) is 0 Å². The number of hydrogen-bond donors (Lipinski definition) is 1. The molecule has 0 aromatic heterocycles. The number of carbonyl (C=O) groups excluding carboxylic acids is 1. The summed E-state index contributed by atoms with van der Waals surface area (Å²) in [5.74, 6) is 2.60. The molecule has 0 aliphatic heterocycles. The van der Waals surface area contributed by atoms with Crippen molar-refractivity contribution in [2.24, 2.45) is 23.2 Å². The summed E-state index contributed by atoms with van der Waals surface area (Å²) in [6.07, 6.45) is 7.50. The molecule has 0 saturated heterocycles.